The molecule has 14 heteroatoms. The van der Waals surface area contributed by atoms with Crippen LogP contribution < -0.4 is 4.74 Å². The number of carbonyl (C=O) groups is 2. The third-order valence-electron chi connectivity index (χ3n) is 11.6. The van der Waals surface area contributed by atoms with E-state index in [0.717, 1.165) is 17.5 Å². The Morgan fingerprint density at radius 2 is 1.36 bits per heavy atom. The summed E-state index contributed by atoms with van der Waals surface area (Å²) in [6.45, 7) is 12.6. The Bertz CT molecular complexity index is 2120. The number of allylic oxidation sites excluding steroid dienone is 2. The van der Waals surface area contributed by atoms with Crippen molar-refractivity contribution in [1.82, 2.24) is 4.90 Å². The van der Waals surface area contributed by atoms with Crippen molar-refractivity contribution in [2.45, 2.75) is 88.9 Å². The van der Waals surface area contributed by atoms with Crippen LogP contribution in [0.15, 0.2) is 134 Å². The van der Waals surface area contributed by atoms with E-state index in [1.807, 2.05) is 72.6 Å². The first kappa shape index (κ1) is 52.1. The topological polar surface area (TPSA) is 194 Å². The van der Waals surface area contributed by atoms with Crippen molar-refractivity contribution in [3.8, 4) is 5.75 Å². The van der Waals surface area contributed by atoms with E-state index in [0.29, 0.717) is 85.8 Å². The minimum Gasteiger partial charge on any atom is -0.502 e. The largest absolute Gasteiger partial charge is 0.502 e. The molecule has 2 aliphatic heterocycles. The lowest BCUT2D eigenvalue weighted by atomic mass is 9.83. The Balaban J connectivity index is 0.000000252. The molecule has 0 saturated carbocycles. The van der Waals surface area contributed by atoms with Gasteiger partial charge in [0.2, 0.25) is 0 Å². The summed E-state index contributed by atoms with van der Waals surface area (Å²) in [6, 6.07) is 14.9. The summed E-state index contributed by atoms with van der Waals surface area (Å²) >= 11 is 0. The lowest BCUT2D eigenvalue weighted by Gasteiger charge is -2.39. The Hall–Kier alpha value is -5.90. The van der Waals surface area contributed by atoms with Crippen LogP contribution in [0.1, 0.15) is 62.6 Å². The molecular formula is C53H67NO13. The molecule has 67 heavy (non-hydrogen) atoms. The summed E-state index contributed by atoms with van der Waals surface area (Å²) in [5.74, 6) is 1.21. The SMILES string of the molecule is C=COCCC(O)COC1=CC2C(C=C1)C=C(c1ccccc1CC)C(=O)N2CCCO.C=COCCC(O)COC1=CC2OC(=O)C(c3ccc(OCCC(O)C(O)CC)cc3)=CC2C=C1. The maximum atomic E-state index is 13.5. The van der Waals surface area contributed by atoms with Gasteiger partial charge < -0.3 is 58.9 Å². The fraction of sp³-hybridized carbons (Fsp3) is 0.434. The van der Waals surface area contributed by atoms with E-state index in [4.69, 9.17) is 28.4 Å². The Morgan fingerprint density at radius 3 is 1.99 bits per heavy atom. The Kier molecular flexibility index (Phi) is 21.0. The van der Waals surface area contributed by atoms with Gasteiger partial charge in [-0.1, -0.05) is 87.7 Å². The Labute approximate surface area is 394 Å². The van der Waals surface area contributed by atoms with Crippen molar-refractivity contribution in [1.29, 1.82) is 0 Å². The molecule has 0 aromatic heterocycles. The number of carbonyl (C=O) groups excluding carboxylic acids is 2. The third kappa shape index (κ3) is 15.3. The van der Waals surface area contributed by atoms with Crippen LogP contribution in [0.4, 0.5) is 0 Å². The molecule has 2 heterocycles. The van der Waals surface area contributed by atoms with Crippen LogP contribution in [0.25, 0.3) is 11.1 Å². The van der Waals surface area contributed by atoms with E-state index in [2.05, 4.69) is 26.1 Å². The predicted octanol–water partition coefficient (Wildman–Crippen LogP) is 6.12. The standard InChI is InChI=1S/C27H34O8.C26H33NO5/c1-3-24(29)25(30)12-14-33-21-8-5-18(6-9-21)23-15-19-7-10-22(16-26(19)35-27(23)31)34-17-20(28)11-13-32-4-2;1-3-19-8-5-6-9-23(19)24-16-20-10-11-22(32-18-21(29)12-15-31-4-2)17-25(20)27(26(24)30)13-7-14-28/h4-10,15-16,19-20,24-26,28-30H,2-3,11-14,17H2,1H3;4-6,8-11,16-17,20-21,25,28-29H,2-3,7,12-15,18H2,1H3. The minimum absolute atomic E-state index is 0.0181. The smallest absolute Gasteiger partial charge is 0.339 e. The number of esters is 1. The fourth-order valence-corrected chi connectivity index (χ4v) is 7.83. The van der Waals surface area contributed by atoms with Gasteiger partial charge >= 0.3 is 5.97 Å². The first-order chi connectivity index (χ1) is 32.5. The summed E-state index contributed by atoms with van der Waals surface area (Å²) < 4.78 is 32.7. The van der Waals surface area contributed by atoms with E-state index in [-0.39, 0.29) is 50.2 Å². The number of ether oxygens (including phenoxy) is 6. The molecule has 4 aliphatic rings. The molecule has 8 unspecified atom stereocenters. The first-order valence-corrected chi connectivity index (χ1v) is 23.1. The van der Waals surface area contributed by atoms with E-state index in [9.17, 15) is 35.1 Å². The number of rotatable bonds is 26. The van der Waals surface area contributed by atoms with Gasteiger partial charge in [-0.2, -0.15) is 0 Å². The number of aliphatic hydroxyl groups excluding tert-OH is 5. The summed E-state index contributed by atoms with van der Waals surface area (Å²) in [4.78, 5) is 28.0. The van der Waals surface area contributed by atoms with Gasteiger partial charge in [-0.25, -0.2) is 4.79 Å². The normalized spacial score (nSPS) is 21.2. The first-order valence-electron chi connectivity index (χ1n) is 23.1. The molecule has 362 valence electrons. The molecule has 5 N–H and O–H groups in total. The molecular weight excluding hydrogens is 859 g/mol. The zero-order valence-electron chi connectivity index (χ0n) is 38.6. The highest BCUT2D eigenvalue weighted by Crippen LogP contribution is 2.36. The molecule has 1 amide bonds. The number of hydrogen-bond donors (Lipinski definition) is 5. The van der Waals surface area contributed by atoms with Crippen LogP contribution in [0.2, 0.25) is 0 Å². The van der Waals surface area contributed by atoms with Gasteiger partial charge in [0, 0.05) is 49.8 Å². The molecule has 0 saturated heterocycles. The van der Waals surface area contributed by atoms with Crippen molar-refractivity contribution in [2.75, 3.05) is 46.2 Å². The molecule has 2 aromatic carbocycles. The second kappa shape index (κ2) is 27.0. The average Bonchev–Trinajstić information content (AvgIpc) is 3.34. The highest BCUT2D eigenvalue weighted by molar-refractivity contribution is 6.21. The molecule has 14 nitrogen and oxygen atoms in total. The third-order valence-corrected chi connectivity index (χ3v) is 11.6. The van der Waals surface area contributed by atoms with Crippen molar-refractivity contribution in [3.63, 3.8) is 0 Å². The number of aliphatic hydroxyl groups is 5. The van der Waals surface area contributed by atoms with E-state index >= 15 is 0 Å². The molecule has 6 rings (SSSR count). The Morgan fingerprint density at radius 1 is 0.731 bits per heavy atom. The summed E-state index contributed by atoms with van der Waals surface area (Å²) in [5.41, 5.74) is 4.01. The zero-order valence-corrected chi connectivity index (χ0v) is 38.6. The van der Waals surface area contributed by atoms with Crippen LogP contribution in [-0.4, -0.2) is 125 Å². The summed E-state index contributed by atoms with van der Waals surface area (Å²) in [7, 11) is 0. The van der Waals surface area contributed by atoms with Gasteiger partial charge in [0.15, 0.2) is 0 Å². The van der Waals surface area contributed by atoms with Gasteiger partial charge in [0.25, 0.3) is 5.91 Å². The van der Waals surface area contributed by atoms with Crippen molar-refractivity contribution in [2.24, 2.45) is 11.8 Å². The molecule has 0 radical (unpaired) electrons. The summed E-state index contributed by atoms with van der Waals surface area (Å²) in [5, 5.41) is 48.8. The number of amides is 1. The van der Waals surface area contributed by atoms with Crippen LogP contribution >= 0.6 is 0 Å². The number of benzene rings is 2. The molecule has 0 spiro atoms. The zero-order chi connectivity index (χ0) is 48.1. The highest BCUT2D eigenvalue weighted by atomic mass is 16.5. The maximum Gasteiger partial charge on any atom is 0.339 e. The van der Waals surface area contributed by atoms with E-state index in [1.165, 1.54) is 12.5 Å². The fourth-order valence-electron chi connectivity index (χ4n) is 7.83. The predicted molar refractivity (Wildman–Crippen MR) is 255 cm³/mol. The quantitative estimate of drug-likeness (QED) is 0.0412. The van der Waals surface area contributed by atoms with Gasteiger partial charge in [0.05, 0.1) is 68.4 Å². The van der Waals surface area contributed by atoms with Gasteiger partial charge in [-0.15, -0.1) is 0 Å². The number of fused-ring (bicyclic) bond motifs is 2. The van der Waals surface area contributed by atoms with E-state index in [1.54, 1.807) is 30.3 Å². The van der Waals surface area contributed by atoms with Gasteiger partial charge in [-0.05, 0) is 72.4 Å². The second-order valence-corrected chi connectivity index (χ2v) is 16.4. The summed E-state index contributed by atoms with van der Waals surface area (Å²) in [6.07, 6.45) is 17.6. The van der Waals surface area contributed by atoms with Gasteiger partial charge in [0.1, 0.15) is 36.6 Å². The maximum absolute atomic E-state index is 13.5. The molecule has 2 aromatic rings. The lowest BCUT2D eigenvalue weighted by molar-refractivity contribution is -0.141. The number of hydrogen-bond acceptors (Lipinski definition) is 13. The monoisotopic (exact) mass is 925 g/mol. The number of aryl methyl sites for hydroxylation is 1. The van der Waals surface area contributed by atoms with Crippen LogP contribution in [0.3, 0.4) is 0 Å². The molecule has 0 bridgehead atoms. The molecule has 8 atom stereocenters. The molecule has 0 fully saturated rings. The van der Waals surface area contributed by atoms with Crippen molar-refractivity contribution < 1.29 is 63.5 Å². The van der Waals surface area contributed by atoms with Crippen LogP contribution in [-0.2, 0) is 39.7 Å². The highest BCUT2D eigenvalue weighted by Gasteiger charge is 2.37. The van der Waals surface area contributed by atoms with Gasteiger partial charge in [-0.3, -0.25) is 4.79 Å². The lowest BCUT2D eigenvalue weighted by Crippen LogP contribution is -2.48. The number of nitrogens with zero attached hydrogens (tertiary/aromatic N) is 1. The van der Waals surface area contributed by atoms with Crippen molar-refractivity contribution >= 4 is 23.0 Å². The van der Waals surface area contributed by atoms with Crippen LogP contribution in [0.5, 0.6) is 5.75 Å². The molecule has 2 aliphatic carbocycles. The van der Waals surface area contributed by atoms with Crippen molar-refractivity contribution in [3.05, 3.63) is 151 Å². The minimum atomic E-state index is -0.820. The van der Waals surface area contributed by atoms with E-state index < -0.39 is 36.5 Å². The second-order valence-electron chi connectivity index (χ2n) is 16.4. The van der Waals surface area contributed by atoms with Crippen LogP contribution in [0, 0.1) is 11.8 Å². The average molecular weight is 926 g/mol.